The summed E-state index contributed by atoms with van der Waals surface area (Å²) in [5, 5.41) is 10.4. The lowest BCUT2D eigenvalue weighted by molar-refractivity contribution is -0.151. The number of hydrogen-bond acceptors (Lipinski definition) is 10. The van der Waals surface area contributed by atoms with Gasteiger partial charge >= 0.3 is 23.9 Å². The van der Waals surface area contributed by atoms with Gasteiger partial charge in [-0.25, -0.2) is 0 Å². The molecule has 0 heterocycles. The van der Waals surface area contributed by atoms with Crippen LogP contribution in [0.15, 0.2) is 0 Å². The summed E-state index contributed by atoms with van der Waals surface area (Å²) in [6.07, 6.45) is 51.0. The van der Waals surface area contributed by atoms with Gasteiger partial charge < -0.3 is 24.1 Å². The van der Waals surface area contributed by atoms with E-state index in [4.69, 9.17) is 18.9 Å². The average Bonchev–Trinajstić information content (AvgIpc) is 3.42. The van der Waals surface area contributed by atoms with E-state index in [2.05, 4.69) is 55.4 Å². The van der Waals surface area contributed by atoms with Gasteiger partial charge in [-0.3, -0.25) is 24.0 Å². The predicted octanol–water partition coefficient (Wildman–Crippen LogP) is 21.0. The lowest BCUT2D eigenvalue weighted by Gasteiger charge is -2.19. The van der Waals surface area contributed by atoms with Crippen LogP contribution in [0.25, 0.3) is 0 Å². The van der Waals surface area contributed by atoms with Crippen molar-refractivity contribution in [2.45, 2.75) is 420 Å². The molecule has 0 amide bonds. The summed E-state index contributed by atoms with van der Waals surface area (Å²) in [6, 6.07) is 0. The van der Waals surface area contributed by atoms with Gasteiger partial charge in [0.2, 0.25) is 0 Å². The molecule has 0 radical (unpaired) electrons. The second-order valence-electron chi connectivity index (χ2n) is 23.9. The third kappa shape index (κ3) is 57.3. The van der Waals surface area contributed by atoms with Gasteiger partial charge in [0.05, 0.1) is 6.10 Å². The molecule has 80 heavy (non-hydrogen) atoms. The van der Waals surface area contributed by atoms with E-state index in [1.54, 1.807) is 0 Å². The minimum atomic E-state index is -0.488. The number of Topliss-reactive ketones (excluding diaryl/α,β-unsaturated/α-hetero) is 1. The van der Waals surface area contributed by atoms with Crippen LogP contribution in [-0.2, 0) is 42.9 Å². The minimum Gasteiger partial charge on any atom is -0.462 e. The van der Waals surface area contributed by atoms with E-state index in [-0.39, 0.29) is 54.1 Å². The number of esters is 4. The Balaban J connectivity index is 0. The molecule has 10 nitrogen and oxygen atoms in total. The van der Waals surface area contributed by atoms with E-state index in [1.807, 2.05) is 0 Å². The highest BCUT2D eigenvalue weighted by atomic mass is 16.6. The summed E-state index contributed by atoms with van der Waals surface area (Å²) in [5.41, 5.74) is 0. The van der Waals surface area contributed by atoms with Crippen LogP contribution < -0.4 is 0 Å². The highest BCUT2D eigenvalue weighted by molar-refractivity contribution is 5.80. The van der Waals surface area contributed by atoms with Crippen LogP contribution in [0, 0.1) is 0 Å². The lowest BCUT2D eigenvalue weighted by atomic mass is 10.0. The van der Waals surface area contributed by atoms with Gasteiger partial charge in [0.25, 0.3) is 0 Å². The first-order valence-corrected chi connectivity index (χ1v) is 34.9. The quantitative estimate of drug-likeness (QED) is 0.0355. The zero-order valence-electron chi connectivity index (χ0n) is 54.3. The van der Waals surface area contributed by atoms with Crippen molar-refractivity contribution in [1.29, 1.82) is 0 Å². The number of carbonyl (C=O) groups excluding carboxylic acids is 5. The fraction of sp³-hybridized carbons (Fsp3) is 0.929. The normalized spacial score (nSPS) is 11.8. The van der Waals surface area contributed by atoms with Crippen LogP contribution in [0.5, 0.6) is 0 Å². The summed E-state index contributed by atoms with van der Waals surface area (Å²) < 4.78 is 23.3. The highest BCUT2D eigenvalue weighted by Gasteiger charge is 2.19. The van der Waals surface area contributed by atoms with Crippen LogP contribution in [0.4, 0.5) is 0 Å². The van der Waals surface area contributed by atoms with Crippen molar-refractivity contribution in [2.75, 3.05) is 0 Å². The van der Waals surface area contributed by atoms with Crippen molar-refractivity contribution >= 4 is 29.7 Å². The number of aliphatic hydroxyl groups is 1. The number of rotatable bonds is 60. The van der Waals surface area contributed by atoms with Gasteiger partial charge in [0.15, 0.2) is 0 Å². The first-order chi connectivity index (χ1) is 38.9. The second kappa shape index (κ2) is 62.6. The average molecular weight is 1140 g/mol. The minimum absolute atomic E-state index is 0.0174. The van der Waals surface area contributed by atoms with Crippen LogP contribution >= 0.6 is 0 Å². The van der Waals surface area contributed by atoms with Crippen LogP contribution in [-0.4, -0.2) is 65.3 Å². The summed E-state index contributed by atoms with van der Waals surface area (Å²) in [4.78, 5) is 62.2. The molecule has 0 aliphatic rings. The number of unbranched alkanes of at least 4 members (excludes halogenated alkanes) is 24. The number of aliphatic hydroxyl groups excluding tert-OH is 1. The zero-order valence-corrected chi connectivity index (χ0v) is 54.3. The van der Waals surface area contributed by atoms with Crippen molar-refractivity contribution in [2.24, 2.45) is 0 Å². The van der Waals surface area contributed by atoms with E-state index in [1.165, 1.54) is 141 Å². The third-order valence-corrected chi connectivity index (χ3v) is 15.7. The first kappa shape index (κ1) is 79.6. The summed E-state index contributed by atoms with van der Waals surface area (Å²) in [5.74, 6) is -0.485. The van der Waals surface area contributed by atoms with E-state index >= 15 is 0 Å². The van der Waals surface area contributed by atoms with Gasteiger partial charge in [-0.2, -0.15) is 0 Å². The van der Waals surface area contributed by atoms with Gasteiger partial charge in [-0.15, -0.1) is 0 Å². The lowest BCUT2D eigenvalue weighted by Crippen LogP contribution is -2.19. The Kier molecular flexibility index (Phi) is 62.2. The van der Waals surface area contributed by atoms with Gasteiger partial charge in [-0.05, 0) is 141 Å². The van der Waals surface area contributed by atoms with Gasteiger partial charge in [0, 0.05) is 38.5 Å². The smallest absolute Gasteiger partial charge is 0.306 e. The molecule has 0 bridgehead atoms. The van der Waals surface area contributed by atoms with Crippen LogP contribution in [0.1, 0.15) is 389 Å². The molecule has 0 aromatic heterocycles. The van der Waals surface area contributed by atoms with E-state index in [0.29, 0.717) is 77.0 Å². The maximum Gasteiger partial charge on any atom is 0.306 e. The number of hydrogen-bond donors (Lipinski definition) is 1. The molecule has 0 saturated carbocycles. The molecular weight excluding hydrogens is 1000 g/mol. The standard InChI is InChI=1S/C35H68O5.C35H66O5/c2*1-5-9-13-15-19-27-33(28-20-16-14-10-6-2)40-35(38)30-22-24-31(36)23-21-29-34(37)39-32(25-17-11-7-3)26-18-12-8-4/h31-33,36H,5-30H2,1-4H3;32-33H,5-30H2,1-4H3. The molecule has 1 N–H and O–H groups in total. The zero-order chi connectivity index (χ0) is 59.4. The van der Waals surface area contributed by atoms with Crippen molar-refractivity contribution in [3.63, 3.8) is 0 Å². The Morgan fingerprint density at radius 2 is 0.425 bits per heavy atom. The Morgan fingerprint density at radius 3 is 0.650 bits per heavy atom. The molecule has 1 atom stereocenters. The molecule has 0 saturated heterocycles. The summed E-state index contributed by atoms with van der Waals surface area (Å²) in [6.45, 7) is 17.6. The topological polar surface area (TPSA) is 142 Å². The van der Waals surface area contributed by atoms with Crippen LogP contribution in [0.3, 0.4) is 0 Å². The molecule has 0 aliphatic carbocycles. The molecule has 0 spiro atoms. The molecular formula is C70H134O10. The fourth-order valence-electron chi connectivity index (χ4n) is 10.5. The Bertz CT molecular complexity index is 1320. The number of ether oxygens (including phenoxy) is 4. The first-order valence-electron chi connectivity index (χ1n) is 34.9. The van der Waals surface area contributed by atoms with E-state index in [9.17, 15) is 29.1 Å². The summed E-state index contributed by atoms with van der Waals surface area (Å²) >= 11 is 0. The molecule has 0 aromatic carbocycles. The molecule has 0 aromatic rings. The van der Waals surface area contributed by atoms with Crippen molar-refractivity contribution in [3.8, 4) is 0 Å². The SMILES string of the molecule is CCCCCCCC(CCCCCCC)OC(=O)CCCC(=O)CCCC(=O)OC(CCCCC)CCCCC.CCCCCCCC(CCCCCCC)OC(=O)CCCC(O)CCCC(=O)OC(CCCCC)CCCCC. The second-order valence-corrected chi connectivity index (χ2v) is 23.9. The highest BCUT2D eigenvalue weighted by Crippen LogP contribution is 2.22. The molecule has 0 fully saturated rings. The fourth-order valence-corrected chi connectivity index (χ4v) is 10.5. The van der Waals surface area contributed by atoms with Crippen molar-refractivity contribution in [3.05, 3.63) is 0 Å². The summed E-state index contributed by atoms with van der Waals surface area (Å²) in [7, 11) is 0. The molecule has 10 heteroatoms. The molecule has 0 aliphatic heterocycles. The monoisotopic (exact) mass is 1130 g/mol. The maximum atomic E-state index is 12.5. The third-order valence-electron chi connectivity index (χ3n) is 15.7. The van der Waals surface area contributed by atoms with E-state index < -0.39 is 6.10 Å². The number of carbonyl (C=O) groups is 5. The Hall–Kier alpha value is -2.49. The molecule has 0 rings (SSSR count). The molecule has 474 valence electrons. The van der Waals surface area contributed by atoms with Crippen LogP contribution in [0.2, 0.25) is 0 Å². The van der Waals surface area contributed by atoms with Gasteiger partial charge in [-0.1, -0.05) is 209 Å². The van der Waals surface area contributed by atoms with Crippen molar-refractivity contribution in [1.82, 2.24) is 0 Å². The van der Waals surface area contributed by atoms with E-state index in [0.717, 1.165) is 116 Å². The predicted molar refractivity (Wildman–Crippen MR) is 336 cm³/mol. The molecule has 1 unspecified atom stereocenters. The Morgan fingerprint density at radius 1 is 0.237 bits per heavy atom. The Labute approximate surface area is 495 Å². The van der Waals surface area contributed by atoms with Crippen molar-refractivity contribution < 1.29 is 48.0 Å². The largest absolute Gasteiger partial charge is 0.462 e. The number of ketones is 1. The van der Waals surface area contributed by atoms with Gasteiger partial charge in [0.1, 0.15) is 30.2 Å². The maximum absolute atomic E-state index is 12.5.